The lowest BCUT2D eigenvalue weighted by atomic mass is 10.1. The van der Waals surface area contributed by atoms with E-state index < -0.39 is 6.04 Å². The van der Waals surface area contributed by atoms with E-state index in [9.17, 15) is 9.59 Å². The van der Waals surface area contributed by atoms with E-state index in [-0.39, 0.29) is 11.8 Å². The summed E-state index contributed by atoms with van der Waals surface area (Å²) >= 11 is 0. The normalized spacial score (nSPS) is 14.2. The van der Waals surface area contributed by atoms with Gasteiger partial charge in [-0.15, -0.1) is 0 Å². The van der Waals surface area contributed by atoms with Crippen LogP contribution in [-0.4, -0.2) is 44.2 Å². The van der Waals surface area contributed by atoms with Crippen LogP contribution in [0, 0.1) is 6.92 Å². The number of aryl methyl sites for hydroxylation is 1. The third-order valence-corrected chi connectivity index (χ3v) is 5.76. The van der Waals surface area contributed by atoms with Gasteiger partial charge in [-0.2, -0.15) is 0 Å². The number of carbonyl (C=O) groups excluding carboxylic acids is 2. The highest BCUT2D eigenvalue weighted by atomic mass is 16.5. The Hall–Kier alpha value is -3.84. The number of nitrogens with one attached hydrogen (secondary N) is 3. The van der Waals surface area contributed by atoms with Crippen molar-refractivity contribution in [3.8, 4) is 0 Å². The van der Waals surface area contributed by atoms with Gasteiger partial charge in [-0.1, -0.05) is 29.8 Å². The molecule has 7 heteroatoms. The highest BCUT2D eigenvalue weighted by Gasteiger charge is 2.18. The molecule has 1 fully saturated rings. The van der Waals surface area contributed by atoms with E-state index >= 15 is 0 Å². The molecule has 176 valence electrons. The average molecular weight is 459 g/mol. The Kier molecular flexibility index (Phi) is 7.44. The molecule has 3 N–H and O–H groups in total. The van der Waals surface area contributed by atoms with E-state index in [1.54, 1.807) is 25.1 Å². The highest BCUT2D eigenvalue weighted by Crippen LogP contribution is 2.21. The number of benzene rings is 3. The fourth-order valence-corrected chi connectivity index (χ4v) is 3.77. The third-order valence-electron chi connectivity index (χ3n) is 5.76. The SMILES string of the molecule is Cc1ccc(NC(=O)c2ccccc2N[C@H](C)C(=O)Nc2ccc(N3CCOCC3)cc2)cc1. The second kappa shape index (κ2) is 10.9. The lowest BCUT2D eigenvalue weighted by Crippen LogP contribution is -2.36. The fraction of sp³-hybridized carbons (Fsp3) is 0.259. The molecule has 4 rings (SSSR count). The molecule has 3 aromatic carbocycles. The first-order chi connectivity index (χ1) is 16.5. The van der Waals surface area contributed by atoms with Crippen LogP contribution in [0.2, 0.25) is 0 Å². The van der Waals surface area contributed by atoms with E-state index in [1.165, 1.54) is 0 Å². The average Bonchev–Trinajstić information content (AvgIpc) is 2.86. The lowest BCUT2D eigenvalue weighted by molar-refractivity contribution is -0.116. The van der Waals surface area contributed by atoms with E-state index in [1.807, 2.05) is 61.5 Å². The van der Waals surface area contributed by atoms with Gasteiger partial charge in [-0.25, -0.2) is 0 Å². The smallest absolute Gasteiger partial charge is 0.257 e. The molecule has 1 aliphatic heterocycles. The minimum absolute atomic E-state index is 0.187. The summed E-state index contributed by atoms with van der Waals surface area (Å²) in [5, 5.41) is 9.02. The van der Waals surface area contributed by atoms with Gasteiger partial charge in [0.05, 0.1) is 18.8 Å². The van der Waals surface area contributed by atoms with Gasteiger partial charge in [0, 0.05) is 35.8 Å². The first-order valence-electron chi connectivity index (χ1n) is 11.5. The Morgan fingerprint density at radius 2 is 1.47 bits per heavy atom. The molecule has 1 saturated heterocycles. The topological polar surface area (TPSA) is 82.7 Å². The number of para-hydroxylation sites is 1. The zero-order valence-electron chi connectivity index (χ0n) is 19.5. The molecular formula is C27H30N4O3. The van der Waals surface area contributed by atoms with E-state index in [0.717, 1.165) is 48.9 Å². The molecule has 1 aliphatic rings. The number of carbonyl (C=O) groups is 2. The summed E-state index contributed by atoms with van der Waals surface area (Å²) in [4.78, 5) is 27.9. The van der Waals surface area contributed by atoms with Crippen LogP contribution in [-0.2, 0) is 9.53 Å². The maximum absolute atomic E-state index is 12.9. The minimum atomic E-state index is -0.549. The monoisotopic (exact) mass is 458 g/mol. The summed E-state index contributed by atoms with van der Waals surface area (Å²) in [7, 11) is 0. The summed E-state index contributed by atoms with van der Waals surface area (Å²) in [6, 6.07) is 22.0. The molecule has 1 atom stereocenters. The van der Waals surface area contributed by atoms with Crippen LogP contribution in [0.15, 0.2) is 72.8 Å². The minimum Gasteiger partial charge on any atom is -0.378 e. The largest absolute Gasteiger partial charge is 0.378 e. The van der Waals surface area contributed by atoms with E-state index in [4.69, 9.17) is 4.74 Å². The van der Waals surface area contributed by atoms with Crippen molar-refractivity contribution in [2.24, 2.45) is 0 Å². The van der Waals surface area contributed by atoms with Gasteiger partial charge in [0.25, 0.3) is 5.91 Å². The van der Waals surface area contributed by atoms with Crippen LogP contribution >= 0.6 is 0 Å². The summed E-state index contributed by atoms with van der Waals surface area (Å²) in [6.07, 6.45) is 0. The number of amides is 2. The van der Waals surface area contributed by atoms with E-state index in [2.05, 4.69) is 20.9 Å². The molecule has 3 aromatic rings. The van der Waals surface area contributed by atoms with E-state index in [0.29, 0.717) is 11.3 Å². The molecule has 2 amide bonds. The van der Waals surface area contributed by atoms with Crippen LogP contribution in [0.1, 0.15) is 22.8 Å². The van der Waals surface area contributed by atoms with Gasteiger partial charge in [-0.05, 0) is 62.4 Å². The summed E-state index contributed by atoms with van der Waals surface area (Å²) in [5.41, 5.74) is 4.74. The Balaban J connectivity index is 1.37. The van der Waals surface area contributed by atoms with Crippen LogP contribution < -0.4 is 20.9 Å². The van der Waals surface area contributed by atoms with Crippen LogP contribution in [0.3, 0.4) is 0 Å². The van der Waals surface area contributed by atoms with Gasteiger partial charge >= 0.3 is 0 Å². The van der Waals surface area contributed by atoms with Gasteiger partial charge in [0.2, 0.25) is 5.91 Å². The van der Waals surface area contributed by atoms with Crippen molar-refractivity contribution in [3.05, 3.63) is 83.9 Å². The quantitative estimate of drug-likeness (QED) is 0.485. The first kappa shape index (κ1) is 23.3. The van der Waals surface area contributed by atoms with Crippen molar-refractivity contribution in [2.45, 2.75) is 19.9 Å². The van der Waals surface area contributed by atoms with Crippen molar-refractivity contribution >= 4 is 34.6 Å². The number of rotatable bonds is 7. The maximum Gasteiger partial charge on any atom is 0.257 e. The Morgan fingerprint density at radius 3 is 2.18 bits per heavy atom. The Morgan fingerprint density at radius 1 is 0.853 bits per heavy atom. The summed E-state index contributed by atoms with van der Waals surface area (Å²) in [5.74, 6) is -0.425. The van der Waals surface area contributed by atoms with Gasteiger partial charge in [0.15, 0.2) is 0 Å². The third kappa shape index (κ3) is 5.94. The molecule has 0 aromatic heterocycles. The number of ether oxygens (including phenoxy) is 1. The van der Waals surface area contributed by atoms with Crippen molar-refractivity contribution in [3.63, 3.8) is 0 Å². The van der Waals surface area contributed by atoms with Crippen molar-refractivity contribution in [1.82, 2.24) is 0 Å². The molecule has 0 bridgehead atoms. The number of anilines is 4. The molecule has 34 heavy (non-hydrogen) atoms. The van der Waals surface area contributed by atoms with Gasteiger partial charge in [0.1, 0.15) is 6.04 Å². The summed E-state index contributed by atoms with van der Waals surface area (Å²) in [6.45, 7) is 6.95. The molecular weight excluding hydrogens is 428 g/mol. The Labute approximate surface area is 200 Å². The molecule has 0 saturated carbocycles. The number of nitrogens with zero attached hydrogens (tertiary/aromatic N) is 1. The highest BCUT2D eigenvalue weighted by molar-refractivity contribution is 6.08. The molecule has 0 aliphatic carbocycles. The zero-order chi connectivity index (χ0) is 23.9. The first-order valence-corrected chi connectivity index (χ1v) is 11.5. The molecule has 0 spiro atoms. The number of hydrogen-bond acceptors (Lipinski definition) is 5. The number of hydrogen-bond donors (Lipinski definition) is 3. The predicted octanol–water partition coefficient (Wildman–Crippen LogP) is 4.52. The van der Waals surface area contributed by atoms with Crippen LogP contribution in [0.5, 0.6) is 0 Å². The van der Waals surface area contributed by atoms with Crippen molar-refractivity contribution < 1.29 is 14.3 Å². The maximum atomic E-state index is 12.9. The molecule has 7 nitrogen and oxygen atoms in total. The van der Waals surface area contributed by atoms with Crippen molar-refractivity contribution in [2.75, 3.05) is 47.2 Å². The lowest BCUT2D eigenvalue weighted by Gasteiger charge is -2.29. The molecule has 0 radical (unpaired) electrons. The second-order valence-electron chi connectivity index (χ2n) is 8.37. The zero-order valence-corrected chi connectivity index (χ0v) is 19.5. The molecule has 0 unspecified atom stereocenters. The summed E-state index contributed by atoms with van der Waals surface area (Å²) < 4.78 is 5.40. The number of morpholine rings is 1. The van der Waals surface area contributed by atoms with Crippen LogP contribution in [0.25, 0.3) is 0 Å². The Bertz CT molecular complexity index is 1120. The molecule has 1 heterocycles. The van der Waals surface area contributed by atoms with Gasteiger partial charge < -0.3 is 25.6 Å². The standard InChI is InChI=1S/C27H30N4O3/c1-19-7-9-21(10-8-19)30-27(33)24-5-3-4-6-25(24)28-20(2)26(32)29-22-11-13-23(14-12-22)31-15-17-34-18-16-31/h3-14,20,28H,15-18H2,1-2H3,(H,29,32)(H,30,33)/t20-/m1/s1. The van der Waals surface area contributed by atoms with Gasteiger partial charge in [-0.3, -0.25) is 9.59 Å². The van der Waals surface area contributed by atoms with Crippen molar-refractivity contribution in [1.29, 1.82) is 0 Å². The predicted molar refractivity (Wildman–Crippen MR) is 137 cm³/mol. The van der Waals surface area contributed by atoms with Crippen LogP contribution in [0.4, 0.5) is 22.7 Å². The second-order valence-corrected chi connectivity index (χ2v) is 8.37. The fourth-order valence-electron chi connectivity index (χ4n) is 3.77.